The van der Waals surface area contributed by atoms with Gasteiger partial charge in [-0.3, -0.25) is 4.68 Å². The van der Waals surface area contributed by atoms with Crippen molar-refractivity contribution in [1.29, 1.82) is 0 Å². The van der Waals surface area contributed by atoms with Crippen LogP contribution in [0.25, 0.3) is 0 Å². The SMILES string of the molecule is Cc1nn(C)c(Cl)c1COc1c(Cl)cccc1Cl. The van der Waals surface area contributed by atoms with Crippen molar-refractivity contribution < 1.29 is 4.74 Å². The lowest BCUT2D eigenvalue weighted by molar-refractivity contribution is 0.306. The Hall–Kier alpha value is -0.900. The summed E-state index contributed by atoms with van der Waals surface area (Å²) in [5, 5.41) is 5.70. The first-order valence-electron chi connectivity index (χ1n) is 5.25. The second-order valence-corrected chi connectivity index (χ2v) is 4.99. The molecule has 2 rings (SSSR count). The summed E-state index contributed by atoms with van der Waals surface area (Å²) in [6.07, 6.45) is 0. The van der Waals surface area contributed by atoms with Crippen LogP contribution in [-0.2, 0) is 13.7 Å². The standard InChI is InChI=1S/C12H11Cl3N2O/c1-7-8(12(15)17(2)16-7)6-18-11-9(13)4-3-5-10(11)14/h3-5H,6H2,1-2H3. The Morgan fingerprint density at radius 2 is 1.83 bits per heavy atom. The van der Waals surface area contributed by atoms with Gasteiger partial charge < -0.3 is 4.74 Å². The molecule has 1 aromatic carbocycles. The van der Waals surface area contributed by atoms with Gasteiger partial charge in [-0.25, -0.2) is 0 Å². The minimum Gasteiger partial charge on any atom is -0.486 e. The van der Waals surface area contributed by atoms with Gasteiger partial charge in [-0.2, -0.15) is 5.10 Å². The number of aromatic nitrogens is 2. The largest absolute Gasteiger partial charge is 0.486 e. The number of nitrogens with zero attached hydrogens (tertiary/aromatic N) is 2. The van der Waals surface area contributed by atoms with E-state index in [2.05, 4.69) is 5.10 Å². The Balaban J connectivity index is 2.22. The van der Waals surface area contributed by atoms with Gasteiger partial charge in [-0.15, -0.1) is 0 Å². The van der Waals surface area contributed by atoms with E-state index < -0.39 is 0 Å². The number of benzene rings is 1. The van der Waals surface area contributed by atoms with Crippen molar-refractivity contribution in [3.63, 3.8) is 0 Å². The summed E-state index contributed by atoms with van der Waals surface area (Å²) in [7, 11) is 1.78. The highest BCUT2D eigenvalue weighted by atomic mass is 35.5. The maximum atomic E-state index is 6.11. The predicted molar refractivity (Wildman–Crippen MR) is 73.7 cm³/mol. The Kier molecular flexibility index (Phi) is 4.05. The number of hydrogen-bond donors (Lipinski definition) is 0. The summed E-state index contributed by atoms with van der Waals surface area (Å²) < 4.78 is 7.23. The molecule has 0 fully saturated rings. The molecule has 0 aliphatic carbocycles. The summed E-state index contributed by atoms with van der Waals surface area (Å²) in [6.45, 7) is 2.15. The fourth-order valence-electron chi connectivity index (χ4n) is 1.60. The number of ether oxygens (including phenoxy) is 1. The van der Waals surface area contributed by atoms with Gasteiger partial charge in [0, 0.05) is 12.6 Å². The van der Waals surface area contributed by atoms with Crippen LogP contribution in [0.1, 0.15) is 11.3 Å². The molecule has 18 heavy (non-hydrogen) atoms. The molecule has 0 radical (unpaired) electrons. The highest BCUT2D eigenvalue weighted by Crippen LogP contribution is 2.33. The molecule has 1 heterocycles. The minimum atomic E-state index is 0.280. The van der Waals surface area contributed by atoms with Gasteiger partial charge in [0.05, 0.1) is 15.7 Å². The van der Waals surface area contributed by atoms with Crippen LogP contribution in [0.3, 0.4) is 0 Å². The Bertz CT molecular complexity index is 561. The van der Waals surface area contributed by atoms with Gasteiger partial charge in [0.25, 0.3) is 0 Å². The van der Waals surface area contributed by atoms with Crippen LogP contribution >= 0.6 is 34.8 Å². The summed E-state index contributed by atoms with van der Waals surface area (Å²) in [5.74, 6) is 0.458. The summed E-state index contributed by atoms with van der Waals surface area (Å²) in [6, 6.07) is 5.21. The number of hydrogen-bond acceptors (Lipinski definition) is 2. The van der Waals surface area contributed by atoms with Crippen molar-refractivity contribution in [3.05, 3.63) is 44.7 Å². The normalized spacial score (nSPS) is 10.7. The monoisotopic (exact) mass is 304 g/mol. The van der Waals surface area contributed by atoms with Gasteiger partial charge in [-0.1, -0.05) is 40.9 Å². The molecule has 3 nitrogen and oxygen atoms in total. The molecule has 0 aliphatic rings. The second-order valence-electron chi connectivity index (χ2n) is 3.82. The molecule has 0 saturated carbocycles. The maximum absolute atomic E-state index is 6.11. The average Bonchev–Trinajstić information content (AvgIpc) is 2.54. The van der Waals surface area contributed by atoms with E-state index in [9.17, 15) is 0 Å². The first-order valence-corrected chi connectivity index (χ1v) is 6.39. The lowest BCUT2D eigenvalue weighted by Crippen LogP contribution is -1.98. The summed E-state index contributed by atoms with van der Waals surface area (Å²) >= 11 is 18.1. The quantitative estimate of drug-likeness (QED) is 0.847. The fourth-order valence-corrected chi connectivity index (χ4v) is 2.34. The molecule has 0 saturated heterocycles. The highest BCUT2D eigenvalue weighted by Gasteiger charge is 2.13. The van der Waals surface area contributed by atoms with Crippen molar-refractivity contribution >= 4 is 34.8 Å². The molecule has 0 bridgehead atoms. The first kappa shape index (κ1) is 13.5. The molecule has 0 N–H and O–H groups in total. The van der Waals surface area contributed by atoms with Gasteiger partial charge in [0.2, 0.25) is 0 Å². The predicted octanol–water partition coefficient (Wildman–Crippen LogP) is 4.27. The molecule has 2 aromatic rings. The first-order chi connectivity index (χ1) is 8.50. The molecule has 0 aliphatic heterocycles. The molecule has 0 atom stereocenters. The molecule has 0 amide bonds. The number of aryl methyl sites for hydroxylation is 2. The van der Waals surface area contributed by atoms with E-state index in [-0.39, 0.29) is 6.61 Å². The highest BCUT2D eigenvalue weighted by molar-refractivity contribution is 6.37. The van der Waals surface area contributed by atoms with Gasteiger partial charge in [0.1, 0.15) is 11.8 Å². The molecule has 0 spiro atoms. The molecular formula is C12H11Cl3N2O. The zero-order chi connectivity index (χ0) is 13.3. The van der Waals surface area contributed by atoms with Crippen molar-refractivity contribution in [1.82, 2.24) is 9.78 Å². The Morgan fingerprint density at radius 3 is 2.33 bits per heavy atom. The van der Waals surface area contributed by atoms with Crippen molar-refractivity contribution in [3.8, 4) is 5.75 Å². The zero-order valence-electron chi connectivity index (χ0n) is 9.88. The topological polar surface area (TPSA) is 27.1 Å². The number of rotatable bonds is 3. The minimum absolute atomic E-state index is 0.280. The maximum Gasteiger partial charge on any atom is 0.156 e. The van der Waals surface area contributed by atoms with E-state index in [0.29, 0.717) is 20.9 Å². The van der Waals surface area contributed by atoms with Crippen LogP contribution in [0.15, 0.2) is 18.2 Å². The van der Waals surface area contributed by atoms with Crippen molar-refractivity contribution in [2.24, 2.45) is 7.05 Å². The van der Waals surface area contributed by atoms with E-state index in [1.807, 2.05) is 6.92 Å². The van der Waals surface area contributed by atoms with Gasteiger partial charge >= 0.3 is 0 Å². The third-order valence-corrected chi connectivity index (χ3v) is 3.62. The Labute approximate surface area is 120 Å². The van der Waals surface area contributed by atoms with E-state index in [0.717, 1.165) is 11.3 Å². The fraction of sp³-hybridized carbons (Fsp3) is 0.250. The second kappa shape index (κ2) is 5.39. The smallest absolute Gasteiger partial charge is 0.156 e. The van der Waals surface area contributed by atoms with Crippen LogP contribution in [0, 0.1) is 6.92 Å². The van der Waals surface area contributed by atoms with E-state index >= 15 is 0 Å². The average molecular weight is 306 g/mol. The molecule has 1 aromatic heterocycles. The zero-order valence-corrected chi connectivity index (χ0v) is 12.1. The third kappa shape index (κ3) is 2.58. The Morgan fingerprint density at radius 1 is 1.22 bits per heavy atom. The van der Waals surface area contributed by atoms with E-state index in [4.69, 9.17) is 39.5 Å². The molecule has 0 unspecified atom stereocenters. The van der Waals surface area contributed by atoms with Crippen molar-refractivity contribution in [2.75, 3.05) is 0 Å². The van der Waals surface area contributed by atoms with Crippen LogP contribution in [0.4, 0.5) is 0 Å². The van der Waals surface area contributed by atoms with Crippen LogP contribution in [0.5, 0.6) is 5.75 Å². The molecule has 96 valence electrons. The van der Waals surface area contributed by atoms with Crippen molar-refractivity contribution in [2.45, 2.75) is 13.5 Å². The lowest BCUT2D eigenvalue weighted by atomic mass is 10.3. The van der Waals surface area contributed by atoms with Crippen LogP contribution in [-0.4, -0.2) is 9.78 Å². The number of halogens is 3. The van der Waals surface area contributed by atoms with Crippen LogP contribution in [0.2, 0.25) is 15.2 Å². The summed E-state index contributed by atoms with van der Waals surface area (Å²) in [4.78, 5) is 0. The molecular weight excluding hydrogens is 295 g/mol. The molecule has 6 heteroatoms. The van der Waals surface area contributed by atoms with Gasteiger partial charge in [0.15, 0.2) is 5.75 Å². The third-order valence-electron chi connectivity index (χ3n) is 2.55. The van der Waals surface area contributed by atoms with E-state index in [1.165, 1.54) is 0 Å². The lowest BCUT2D eigenvalue weighted by Gasteiger charge is -2.09. The number of para-hydroxylation sites is 1. The van der Waals surface area contributed by atoms with Gasteiger partial charge in [-0.05, 0) is 19.1 Å². The van der Waals surface area contributed by atoms with Crippen LogP contribution < -0.4 is 4.74 Å². The van der Waals surface area contributed by atoms with E-state index in [1.54, 1.807) is 29.9 Å². The summed E-state index contributed by atoms with van der Waals surface area (Å²) in [5.41, 5.74) is 1.65.